The second kappa shape index (κ2) is 6.06. The Morgan fingerprint density at radius 3 is 2.87 bits per heavy atom. The molecule has 1 aliphatic heterocycles. The van der Waals surface area contributed by atoms with Crippen molar-refractivity contribution in [3.63, 3.8) is 0 Å². The first-order chi connectivity index (χ1) is 10.9. The first kappa shape index (κ1) is 16.2. The van der Waals surface area contributed by atoms with Crippen molar-refractivity contribution < 1.29 is 17.9 Å². The van der Waals surface area contributed by atoms with Gasteiger partial charge in [0, 0.05) is 12.0 Å². The number of benzene rings is 1. The molecular formula is C17H21NO4S. The van der Waals surface area contributed by atoms with Gasteiger partial charge in [0.25, 0.3) is 0 Å². The lowest BCUT2D eigenvalue weighted by Gasteiger charge is -2.17. The van der Waals surface area contributed by atoms with Crippen LogP contribution in [0.15, 0.2) is 18.2 Å². The quantitative estimate of drug-likeness (QED) is 0.834. The maximum atomic E-state index is 11.6. The molecule has 23 heavy (non-hydrogen) atoms. The largest absolute Gasteiger partial charge is 0.483 e. The van der Waals surface area contributed by atoms with Crippen LogP contribution >= 0.6 is 0 Å². The summed E-state index contributed by atoms with van der Waals surface area (Å²) in [6.07, 6.45) is 2.36. The highest BCUT2D eigenvalue weighted by molar-refractivity contribution is 7.90. The second-order valence-electron chi connectivity index (χ2n) is 6.49. The minimum atomic E-state index is -3.16. The van der Waals surface area contributed by atoms with Gasteiger partial charge in [-0.25, -0.2) is 13.1 Å². The summed E-state index contributed by atoms with van der Waals surface area (Å²) in [6, 6.07) is 5.84. The first-order valence-electron chi connectivity index (χ1n) is 7.75. The fraction of sp³-hybridized carbons (Fsp3) is 0.529. The van der Waals surface area contributed by atoms with E-state index in [-0.39, 0.29) is 24.0 Å². The minimum absolute atomic E-state index is 0.124. The van der Waals surface area contributed by atoms with Gasteiger partial charge in [-0.05, 0) is 32.8 Å². The Labute approximate surface area is 137 Å². The number of fused-ring (bicyclic) bond motifs is 1. The summed E-state index contributed by atoms with van der Waals surface area (Å²) < 4.78 is 37.3. The van der Waals surface area contributed by atoms with Gasteiger partial charge in [-0.3, -0.25) is 0 Å². The molecule has 0 spiro atoms. The molecule has 0 aromatic heterocycles. The zero-order valence-corrected chi connectivity index (χ0v) is 14.2. The van der Waals surface area contributed by atoms with Crippen LogP contribution in [0.5, 0.6) is 11.5 Å². The van der Waals surface area contributed by atoms with Gasteiger partial charge in [-0.1, -0.05) is 24.0 Å². The van der Waals surface area contributed by atoms with Gasteiger partial charge in [0.1, 0.15) is 12.2 Å². The van der Waals surface area contributed by atoms with Crippen LogP contribution in [0.1, 0.15) is 32.3 Å². The molecule has 0 atom stereocenters. The van der Waals surface area contributed by atoms with E-state index in [1.165, 1.54) is 0 Å². The van der Waals surface area contributed by atoms with Gasteiger partial charge in [0.15, 0.2) is 11.5 Å². The Morgan fingerprint density at radius 2 is 2.13 bits per heavy atom. The summed E-state index contributed by atoms with van der Waals surface area (Å²) >= 11 is 0. The van der Waals surface area contributed by atoms with Crippen molar-refractivity contribution in [2.24, 2.45) is 0 Å². The lowest BCUT2D eigenvalue weighted by Crippen LogP contribution is -2.27. The van der Waals surface area contributed by atoms with E-state index >= 15 is 0 Å². The number of para-hydroxylation sites is 1. The van der Waals surface area contributed by atoms with Crippen LogP contribution in [0.25, 0.3) is 0 Å². The lowest BCUT2D eigenvalue weighted by molar-refractivity contribution is 0.133. The number of hydrogen-bond donors (Lipinski definition) is 1. The summed E-state index contributed by atoms with van der Waals surface area (Å²) in [4.78, 5) is 0. The number of hydrogen-bond acceptors (Lipinski definition) is 4. The molecule has 3 rings (SSSR count). The van der Waals surface area contributed by atoms with Gasteiger partial charge in [0.2, 0.25) is 10.0 Å². The van der Waals surface area contributed by atoms with Crippen molar-refractivity contribution in [3.8, 4) is 23.3 Å². The van der Waals surface area contributed by atoms with Crippen molar-refractivity contribution in [1.82, 2.24) is 4.72 Å². The van der Waals surface area contributed by atoms with E-state index < -0.39 is 10.0 Å². The molecule has 1 N–H and O–H groups in total. The Bertz CT molecular complexity index is 755. The van der Waals surface area contributed by atoms with E-state index in [1.54, 1.807) is 0 Å². The summed E-state index contributed by atoms with van der Waals surface area (Å²) in [5.74, 6) is 7.06. The third-order valence-corrected chi connectivity index (χ3v) is 5.70. The molecular weight excluding hydrogens is 314 g/mol. The molecule has 0 bridgehead atoms. The van der Waals surface area contributed by atoms with Gasteiger partial charge < -0.3 is 9.47 Å². The Balaban J connectivity index is 1.51. The van der Waals surface area contributed by atoms with Crippen molar-refractivity contribution in [1.29, 1.82) is 0 Å². The molecule has 6 heteroatoms. The topological polar surface area (TPSA) is 64.6 Å². The average Bonchev–Trinajstić information content (AvgIpc) is 3.26. The summed E-state index contributed by atoms with van der Waals surface area (Å²) in [6.45, 7) is 4.41. The van der Waals surface area contributed by atoms with Gasteiger partial charge >= 0.3 is 0 Å². The van der Waals surface area contributed by atoms with Crippen molar-refractivity contribution in [3.05, 3.63) is 23.8 Å². The molecule has 1 fully saturated rings. The molecule has 124 valence electrons. The van der Waals surface area contributed by atoms with Crippen LogP contribution in [-0.2, 0) is 16.4 Å². The third kappa shape index (κ3) is 3.98. The molecule has 1 heterocycles. The molecule has 0 radical (unpaired) electrons. The average molecular weight is 335 g/mol. The highest BCUT2D eigenvalue weighted by Crippen LogP contribution is 2.41. The Kier molecular flexibility index (Phi) is 4.26. The van der Waals surface area contributed by atoms with E-state index in [4.69, 9.17) is 9.47 Å². The fourth-order valence-corrected chi connectivity index (χ4v) is 3.83. The number of rotatable bonds is 5. The molecule has 5 nitrogen and oxygen atoms in total. The zero-order chi connectivity index (χ0) is 16.5. The van der Waals surface area contributed by atoms with E-state index in [0.29, 0.717) is 5.75 Å². The molecule has 0 unspecified atom stereocenters. The zero-order valence-electron chi connectivity index (χ0n) is 13.4. The minimum Gasteiger partial charge on any atom is -0.483 e. The maximum absolute atomic E-state index is 11.6. The molecule has 1 aromatic rings. The standard InChI is InChI=1S/C17H21NO4S/c1-17(2)12-13-6-5-7-15(16(13)22-17)21-11-4-3-10-18-23(19,20)14-8-9-14/h5-7,14,18H,8-12H2,1-2H3. The third-order valence-electron chi connectivity index (χ3n) is 3.80. The summed E-state index contributed by atoms with van der Waals surface area (Å²) in [5, 5.41) is -0.215. The molecule has 1 saturated carbocycles. The number of ether oxygens (including phenoxy) is 2. The smallest absolute Gasteiger partial charge is 0.215 e. The lowest BCUT2D eigenvalue weighted by atomic mass is 10.0. The molecule has 0 amide bonds. The molecule has 0 saturated heterocycles. The van der Waals surface area contributed by atoms with Gasteiger partial charge in [0.05, 0.1) is 11.8 Å². The maximum Gasteiger partial charge on any atom is 0.215 e. The van der Waals surface area contributed by atoms with Crippen LogP contribution in [0, 0.1) is 11.8 Å². The van der Waals surface area contributed by atoms with Crippen molar-refractivity contribution >= 4 is 10.0 Å². The predicted octanol–water partition coefficient (Wildman–Crippen LogP) is 1.86. The first-order valence-corrected chi connectivity index (χ1v) is 9.30. The van der Waals surface area contributed by atoms with Gasteiger partial charge in [-0.15, -0.1) is 0 Å². The molecule has 2 aliphatic rings. The van der Waals surface area contributed by atoms with Gasteiger partial charge in [-0.2, -0.15) is 0 Å². The SMILES string of the molecule is CC1(C)Cc2cccc(OCC#CCNS(=O)(=O)C3CC3)c2O1. The summed E-state index contributed by atoms with van der Waals surface area (Å²) in [5.41, 5.74) is 0.923. The van der Waals surface area contributed by atoms with E-state index in [9.17, 15) is 8.42 Å². The van der Waals surface area contributed by atoms with Crippen LogP contribution in [-0.4, -0.2) is 32.4 Å². The highest BCUT2D eigenvalue weighted by Gasteiger charge is 2.35. The van der Waals surface area contributed by atoms with Crippen LogP contribution < -0.4 is 14.2 Å². The van der Waals surface area contributed by atoms with Crippen molar-refractivity contribution in [2.75, 3.05) is 13.2 Å². The van der Waals surface area contributed by atoms with E-state index in [1.807, 2.05) is 32.0 Å². The monoisotopic (exact) mass is 335 g/mol. The summed E-state index contributed by atoms with van der Waals surface area (Å²) in [7, 11) is -3.16. The molecule has 1 aliphatic carbocycles. The fourth-order valence-electron chi connectivity index (χ4n) is 2.56. The Hall–Kier alpha value is -1.71. The molecule has 1 aromatic carbocycles. The van der Waals surface area contributed by atoms with E-state index in [0.717, 1.165) is 30.6 Å². The Morgan fingerprint density at radius 1 is 1.35 bits per heavy atom. The van der Waals surface area contributed by atoms with Crippen molar-refractivity contribution in [2.45, 2.75) is 44.0 Å². The second-order valence-corrected chi connectivity index (χ2v) is 8.54. The highest BCUT2D eigenvalue weighted by atomic mass is 32.2. The number of sulfonamides is 1. The van der Waals surface area contributed by atoms with Crippen LogP contribution in [0.4, 0.5) is 0 Å². The van der Waals surface area contributed by atoms with Crippen LogP contribution in [0.3, 0.4) is 0 Å². The number of nitrogens with one attached hydrogen (secondary N) is 1. The predicted molar refractivity (Wildman–Crippen MR) is 88.1 cm³/mol. The normalized spacial score (nSPS) is 18.5. The van der Waals surface area contributed by atoms with Crippen LogP contribution in [0.2, 0.25) is 0 Å². The van der Waals surface area contributed by atoms with E-state index in [2.05, 4.69) is 16.6 Å².